The molecule has 4 nitrogen and oxygen atoms in total. The molecule has 1 atom stereocenters. The Morgan fingerprint density at radius 2 is 2.31 bits per heavy atom. The molecule has 2 aliphatic heterocycles. The van der Waals surface area contributed by atoms with Crippen molar-refractivity contribution in [3.63, 3.8) is 0 Å². The van der Waals surface area contributed by atoms with Crippen LogP contribution in [0.25, 0.3) is 0 Å². The van der Waals surface area contributed by atoms with Crippen molar-refractivity contribution in [1.29, 1.82) is 0 Å². The van der Waals surface area contributed by atoms with E-state index in [0.29, 0.717) is 12.5 Å². The lowest BCUT2D eigenvalue weighted by molar-refractivity contribution is -0.198. The predicted molar refractivity (Wildman–Crippen MR) is 60.2 cm³/mol. The van der Waals surface area contributed by atoms with E-state index >= 15 is 0 Å². The number of carbonyl (C=O) groups is 1. The lowest BCUT2D eigenvalue weighted by Gasteiger charge is -2.53. The molecule has 2 aliphatic rings. The minimum Gasteiger partial charge on any atom is -0.381 e. The summed E-state index contributed by atoms with van der Waals surface area (Å²) in [6, 6.07) is 0. The molecule has 0 saturated carbocycles. The van der Waals surface area contributed by atoms with Crippen molar-refractivity contribution in [3.8, 4) is 0 Å². The Morgan fingerprint density at radius 1 is 1.56 bits per heavy atom. The summed E-state index contributed by atoms with van der Waals surface area (Å²) in [5, 5.41) is 0. The fraction of sp³-hybridized carbons (Fsp3) is 0.917. The van der Waals surface area contributed by atoms with Crippen molar-refractivity contribution in [2.45, 2.75) is 44.3 Å². The molecule has 0 aromatic carbocycles. The first-order valence-electron chi connectivity index (χ1n) is 6.13. The number of carbonyl (C=O) groups excluding carboxylic acids is 1. The average molecular weight is 227 g/mol. The highest BCUT2D eigenvalue weighted by molar-refractivity contribution is 5.77. The van der Waals surface area contributed by atoms with E-state index in [-0.39, 0.29) is 11.5 Å². The number of methoxy groups -OCH3 is 1. The van der Waals surface area contributed by atoms with Gasteiger partial charge in [0.1, 0.15) is 5.60 Å². The first kappa shape index (κ1) is 11.9. The van der Waals surface area contributed by atoms with Crippen molar-refractivity contribution >= 4 is 5.91 Å². The first-order chi connectivity index (χ1) is 7.69. The van der Waals surface area contributed by atoms with Gasteiger partial charge in [-0.3, -0.25) is 4.79 Å². The third-order valence-corrected chi connectivity index (χ3v) is 3.56. The number of rotatable bonds is 3. The third-order valence-electron chi connectivity index (χ3n) is 3.56. The molecule has 0 aromatic heterocycles. The Balaban J connectivity index is 1.83. The molecule has 92 valence electrons. The molecule has 2 rings (SSSR count). The van der Waals surface area contributed by atoms with Crippen LogP contribution in [0.2, 0.25) is 0 Å². The smallest absolute Gasteiger partial charge is 0.222 e. The van der Waals surface area contributed by atoms with Gasteiger partial charge in [-0.05, 0) is 12.8 Å². The van der Waals surface area contributed by atoms with E-state index in [1.807, 2.05) is 11.8 Å². The zero-order chi connectivity index (χ0) is 11.6. The number of likely N-dealkylation sites (tertiary alicyclic amines) is 1. The van der Waals surface area contributed by atoms with Gasteiger partial charge in [-0.25, -0.2) is 0 Å². The molecule has 2 saturated heterocycles. The summed E-state index contributed by atoms with van der Waals surface area (Å²) in [7, 11) is 1.75. The van der Waals surface area contributed by atoms with Crippen LogP contribution in [-0.2, 0) is 14.3 Å². The quantitative estimate of drug-likeness (QED) is 0.727. The third kappa shape index (κ3) is 2.23. The lowest BCUT2D eigenvalue weighted by Crippen LogP contribution is -2.67. The van der Waals surface area contributed by atoms with Gasteiger partial charge in [0.25, 0.3) is 0 Å². The van der Waals surface area contributed by atoms with Crippen LogP contribution in [0.4, 0.5) is 0 Å². The predicted octanol–water partition coefficient (Wildman–Crippen LogP) is 1.19. The zero-order valence-corrected chi connectivity index (χ0v) is 10.2. The number of hydrogen-bond donors (Lipinski definition) is 0. The standard InChI is InChI=1S/C12H21NO3/c1-3-4-11(14)13-8-12(9-13)7-10(15-2)5-6-16-12/h10H,3-9H2,1-2H3/t10-/m0/s1. The van der Waals surface area contributed by atoms with Gasteiger partial charge >= 0.3 is 0 Å². The van der Waals surface area contributed by atoms with Gasteiger partial charge < -0.3 is 14.4 Å². The second-order valence-corrected chi connectivity index (χ2v) is 4.88. The summed E-state index contributed by atoms with van der Waals surface area (Å²) in [4.78, 5) is 13.5. The number of amides is 1. The molecule has 1 spiro atoms. The van der Waals surface area contributed by atoms with Gasteiger partial charge in [0.2, 0.25) is 5.91 Å². The fourth-order valence-electron chi connectivity index (χ4n) is 2.60. The van der Waals surface area contributed by atoms with E-state index in [1.54, 1.807) is 7.11 Å². The zero-order valence-electron chi connectivity index (χ0n) is 10.2. The second kappa shape index (κ2) is 4.72. The van der Waals surface area contributed by atoms with Crippen molar-refractivity contribution in [1.82, 2.24) is 4.90 Å². The highest BCUT2D eigenvalue weighted by Crippen LogP contribution is 2.35. The highest BCUT2D eigenvalue weighted by Gasteiger charge is 2.49. The van der Waals surface area contributed by atoms with E-state index in [9.17, 15) is 4.79 Å². The molecule has 1 amide bonds. The molecule has 0 radical (unpaired) electrons. The van der Waals surface area contributed by atoms with Crippen molar-refractivity contribution in [3.05, 3.63) is 0 Å². The van der Waals surface area contributed by atoms with Gasteiger partial charge in [-0.1, -0.05) is 6.92 Å². The van der Waals surface area contributed by atoms with Crippen molar-refractivity contribution in [2.75, 3.05) is 26.8 Å². The van der Waals surface area contributed by atoms with E-state index in [4.69, 9.17) is 9.47 Å². The molecule has 0 bridgehead atoms. The maximum absolute atomic E-state index is 11.6. The van der Waals surface area contributed by atoms with Crippen LogP contribution in [0.5, 0.6) is 0 Å². The Hall–Kier alpha value is -0.610. The second-order valence-electron chi connectivity index (χ2n) is 4.88. The maximum atomic E-state index is 11.6. The summed E-state index contributed by atoms with van der Waals surface area (Å²) in [6.45, 7) is 4.30. The van der Waals surface area contributed by atoms with Gasteiger partial charge in [0.05, 0.1) is 19.2 Å². The molecule has 0 aromatic rings. The molecule has 0 unspecified atom stereocenters. The number of nitrogens with zero attached hydrogens (tertiary/aromatic N) is 1. The number of ether oxygens (including phenoxy) is 2. The van der Waals surface area contributed by atoms with Crippen LogP contribution < -0.4 is 0 Å². The Kier molecular flexibility index (Phi) is 3.50. The van der Waals surface area contributed by atoms with Gasteiger partial charge in [0, 0.05) is 26.6 Å². The molecule has 0 N–H and O–H groups in total. The van der Waals surface area contributed by atoms with E-state index in [1.165, 1.54) is 0 Å². The molecule has 16 heavy (non-hydrogen) atoms. The molecule has 0 aliphatic carbocycles. The fourth-order valence-corrected chi connectivity index (χ4v) is 2.60. The molecule has 2 fully saturated rings. The minimum absolute atomic E-state index is 0.0949. The summed E-state index contributed by atoms with van der Waals surface area (Å²) in [6.07, 6.45) is 3.78. The lowest BCUT2D eigenvalue weighted by atomic mass is 9.84. The van der Waals surface area contributed by atoms with Crippen molar-refractivity contribution < 1.29 is 14.3 Å². The summed E-state index contributed by atoms with van der Waals surface area (Å²) >= 11 is 0. The molecular weight excluding hydrogens is 206 g/mol. The van der Waals surface area contributed by atoms with E-state index < -0.39 is 0 Å². The Labute approximate surface area is 96.9 Å². The van der Waals surface area contributed by atoms with Crippen LogP contribution in [0.15, 0.2) is 0 Å². The van der Waals surface area contributed by atoms with Gasteiger partial charge in [0.15, 0.2) is 0 Å². The monoisotopic (exact) mass is 227 g/mol. The maximum Gasteiger partial charge on any atom is 0.222 e. The van der Waals surface area contributed by atoms with Gasteiger partial charge in [-0.15, -0.1) is 0 Å². The normalized spacial score (nSPS) is 27.9. The summed E-state index contributed by atoms with van der Waals surface area (Å²) in [5.74, 6) is 0.260. The van der Waals surface area contributed by atoms with Gasteiger partial charge in [-0.2, -0.15) is 0 Å². The number of hydrogen-bond acceptors (Lipinski definition) is 3. The molecule has 4 heteroatoms. The highest BCUT2D eigenvalue weighted by atomic mass is 16.5. The van der Waals surface area contributed by atoms with Crippen LogP contribution in [-0.4, -0.2) is 49.3 Å². The van der Waals surface area contributed by atoms with Crippen molar-refractivity contribution in [2.24, 2.45) is 0 Å². The Bertz CT molecular complexity index is 261. The van der Waals surface area contributed by atoms with Crippen LogP contribution in [0, 0.1) is 0 Å². The largest absolute Gasteiger partial charge is 0.381 e. The average Bonchev–Trinajstić information content (AvgIpc) is 2.26. The summed E-state index contributed by atoms with van der Waals surface area (Å²) < 4.78 is 11.2. The SMILES string of the molecule is CCCC(=O)N1CC2(C[C@@H](OC)CCO2)C1. The van der Waals surface area contributed by atoms with E-state index in [0.717, 1.165) is 39.0 Å². The minimum atomic E-state index is -0.0949. The first-order valence-corrected chi connectivity index (χ1v) is 6.13. The van der Waals surface area contributed by atoms with Crippen LogP contribution in [0.1, 0.15) is 32.6 Å². The topological polar surface area (TPSA) is 38.8 Å². The van der Waals surface area contributed by atoms with Crippen LogP contribution in [0.3, 0.4) is 0 Å². The van der Waals surface area contributed by atoms with Crippen LogP contribution >= 0.6 is 0 Å². The molecular formula is C12H21NO3. The summed E-state index contributed by atoms with van der Waals surface area (Å²) in [5.41, 5.74) is -0.0949. The van der Waals surface area contributed by atoms with E-state index in [2.05, 4.69) is 0 Å². The molecule has 2 heterocycles. The Morgan fingerprint density at radius 3 is 2.94 bits per heavy atom.